The molecule has 0 aliphatic rings. The topological polar surface area (TPSA) is 38.1 Å². The quantitative estimate of drug-likeness (QED) is 0.301. The summed E-state index contributed by atoms with van der Waals surface area (Å²) in [6.07, 6.45) is 1.86. The minimum atomic E-state index is 0.781. The van der Waals surface area contributed by atoms with Gasteiger partial charge in [-0.25, -0.2) is 0 Å². The van der Waals surface area contributed by atoms with Gasteiger partial charge in [0.1, 0.15) is 11.1 Å². The third kappa shape index (κ3) is 3.18. The number of hydrogen-bond acceptors (Lipinski definition) is 3. The van der Waals surface area contributed by atoms with Gasteiger partial charge in [-0.1, -0.05) is 72.8 Å². The van der Waals surface area contributed by atoms with Crippen LogP contribution in [-0.2, 0) is 0 Å². The zero-order valence-corrected chi connectivity index (χ0v) is 18.3. The first-order valence-electron chi connectivity index (χ1n) is 11.4. The summed E-state index contributed by atoms with van der Waals surface area (Å²) in [5.41, 5.74) is 6.83. The Morgan fingerprint density at radius 1 is 0.529 bits per heavy atom. The number of benzene rings is 5. The van der Waals surface area contributed by atoms with Crippen LogP contribution in [0.4, 0.5) is 11.4 Å². The van der Waals surface area contributed by atoms with E-state index in [4.69, 9.17) is 9.40 Å². The summed E-state index contributed by atoms with van der Waals surface area (Å²) in [7, 11) is 0. The fourth-order valence-corrected chi connectivity index (χ4v) is 4.68. The first kappa shape index (κ1) is 18.9. The lowest BCUT2D eigenvalue weighted by molar-refractivity contribution is 0.669. The van der Waals surface area contributed by atoms with E-state index in [1.165, 1.54) is 32.7 Å². The van der Waals surface area contributed by atoms with Crippen LogP contribution in [0.5, 0.6) is 0 Å². The van der Waals surface area contributed by atoms with Crippen LogP contribution in [0.25, 0.3) is 54.7 Å². The van der Waals surface area contributed by atoms with Crippen molar-refractivity contribution >= 4 is 55.0 Å². The number of fused-ring (bicyclic) bond motifs is 5. The number of furan rings is 1. The van der Waals surface area contributed by atoms with Crippen LogP contribution in [0.2, 0.25) is 0 Å². The van der Waals surface area contributed by atoms with Crippen molar-refractivity contribution in [3.8, 4) is 11.1 Å². The minimum Gasteiger partial charge on any atom is -0.454 e. The molecule has 0 radical (unpaired) electrons. The van der Waals surface area contributed by atoms with E-state index in [9.17, 15) is 0 Å². The van der Waals surface area contributed by atoms with E-state index in [0.717, 1.165) is 33.4 Å². The van der Waals surface area contributed by atoms with Crippen molar-refractivity contribution in [1.29, 1.82) is 0 Å². The van der Waals surface area contributed by atoms with Crippen LogP contribution in [0.15, 0.2) is 120 Å². The number of rotatable bonds is 3. The lowest BCUT2D eigenvalue weighted by Crippen LogP contribution is -1.91. The lowest BCUT2D eigenvalue weighted by atomic mass is 10.0. The molecule has 1 N–H and O–H groups in total. The molecule has 0 spiro atoms. The van der Waals surface area contributed by atoms with Crippen molar-refractivity contribution in [1.82, 2.24) is 4.98 Å². The molecule has 7 aromatic rings. The Morgan fingerprint density at radius 3 is 2.00 bits per heavy atom. The highest BCUT2D eigenvalue weighted by Crippen LogP contribution is 2.33. The second-order valence-corrected chi connectivity index (χ2v) is 8.63. The molecule has 160 valence electrons. The van der Waals surface area contributed by atoms with Gasteiger partial charge in [-0.05, 0) is 63.0 Å². The van der Waals surface area contributed by atoms with Crippen LogP contribution in [0.1, 0.15) is 0 Å². The van der Waals surface area contributed by atoms with Gasteiger partial charge in [0.25, 0.3) is 0 Å². The van der Waals surface area contributed by atoms with E-state index in [1.54, 1.807) is 0 Å². The van der Waals surface area contributed by atoms with Crippen LogP contribution in [0, 0.1) is 0 Å². The Morgan fingerprint density at radius 2 is 1.21 bits per heavy atom. The average molecular weight is 437 g/mol. The standard InChI is InChI=1S/C31H20N2O/c1-2-6-22-15-25(10-9-20(22)5-1)21-11-13-26(14-12-21)33-27-18-30-31(32-19-27)28-16-23-7-3-4-8-24(23)17-29(28)34-30/h1-19,33H. The normalized spacial score (nSPS) is 11.5. The van der Waals surface area contributed by atoms with Gasteiger partial charge in [0.15, 0.2) is 5.58 Å². The Kier molecular flexibility index (Phi) is 4.15. The van der Waals surface area contributed by atoms with E-state index >= 15 is 0 Å². The minimum absolute atomic E-state index is 0.781. The van der Waals surface area contributed by atoms with Crippen LogP contribution in [-0.4, -0.2) is 4.98 Å². The molecule has 0 bridgehead atoms. The number of hydrogen-bond donors (Lipinski definition) is 1. The van der Waals surface area contributed by atoms with Gasteiger partial charge in [-0.2, -0.15) is 0 Å². The molecule has 0 atom stereocenters. The fourth-order valence-electron chi connectivity index (χ4n) is 4.68. The summed E-state index contributed by atoms with van der Waals surface area (Å²) in [4.78, 5) is 4.71. The summed E-state index contributed by atoms with van der Waals surface area (Å²) in [5.74, 6) is 0. The summed E-state index contributed by atoms with van der Waals surface area (Å²) in [5, 5.41) is 9.36. The van der Waals surface area contributed by atoms with Gasteiger partial charge in [-0.15, -0.1) is 0 Å². The largest absolute Gasteiger partial charge is 0.454 e. The predicted octanol–water partition coefficient (Wildman–Crippen LogP) is 8.70. The summed E-state index contributed by atoms with van der Waals surface area (Å²) >= 11 is 0. The van der Waals surface area contributed by atoms with Gasteiger partial charge >= 0.3 is 0 Å². The van der Waals surface area contributed by atoms with Crippen molar-refractivity contribution in [3.05, 3.63) is 115 Å². The van der Waals surface area contributed by atoms with Gasteiger partial charge in [0.05, 0.1) is 11.9 Å². The first-order chi connectivity index (χ1) is 16.8. The van der Waals surface area contributed by atoms with Gasteiger partial charge in [0.2, 0.25) is 0 Å². The Bertz CT molecular complexity index is 1830. The van der Waals surface area contributed by atoms with E-state index in [1.807, 2.05) is 18.3 Å². The predicted molar refractivity (Wildman–Crippen MR) is 142 cm³/mol. The molecule has 7 rings (SSSR count). The maximum Gasteiger partial charge on any atom is 0.155 e. The first-order valence-corrected chi connectivity index (χ1v) is 11.4. The van der Waals surface area contributed by atoms with Crippen LogP contribution < -0.4 is 5.32 Å². The second kappa shape index (κ2) is 7.46. The summed E-state index contributed by atoms with van der Waals surface area (Å²) in [6, 6.07) is 38.1. The smallest absolute Gasteiger partial charge is 0.155 e. The van der Waals surface area contributed by atoms with Crippen molar-refractivity contribution in [2.45, 2.75) is 0 Å². The van der Waals surface area contributed by atoms with Crippen molar-refractivity contribution in [3.63, 3.8) is 0 Å². The number of nitrogens with zero attached hydrogens (tertiary/aromatic N) is 1. The van der Waals surface area contributed by atoms with Gasteiger partial charge in [0, 0.05) is 17.1 Å². The fraction of sp³-hybridized carbons (Fsp3) is 0. The van der Waals surface area contributed by atoms with E-state index in [-0.39, 0.29) is 0 Å². The highest BCUT2D eigenvalue weighted by atomic mass is 16.3. The number of aromatic nitrogens is 1. The third-order valence-electron chi connectivity index (χ3n) is 6.43. The Balaban J connectivity index is 1.19. The SMILES string of the molecule is c1ccc2cc(-c3ccc(Nc4cnc5c(c4)oc4cc6ccccc6cc45)cc3)ccc2c1. The molecular weight excluding hydrogens is 416 g/mol. The highest BCUT2D eigenvalue weighted by molar-refractivity contribution is 6.08. The highest BCUT2D eigenvalue weighted by Gasteiger charge is 2.11. The molecule has 0 unspecified atom stereocenters. The Labute approximate surface area is 196 Å². The van der Waals surface area contributed by atoms with Crippen LogP contribution in [0.3, 0.4) is 0 Å². The van der Waals surface area contributed by atoms with Gasteiger partial charge in [-0.3, -0.25) is 4.98 Å². The van der Waals surface area contributed by atoms with E-state index in [2.05, 4.69) is 102 Å². The molecule has 0 amide bonds. The molecule has 0 aliphatic heterocycles. The number of anilines is 2. The molecule has 3 nitrogen and oxygen atoms in total. The van der Waals surface area contributed by atoms with Crippen molar-refractivity contribution < 1.29 is 4.42 Å². The zero-order valence-electron chi connectivity index (χ0n) is 18.3. The molecule has 5 aromatic carbocycles. The van der Waals surface area contributed by atoms with E-state index in [0.29, 0.717) is 0 Å². The lowest BCUT2D eigenvalue weighted by Gasteiger charge is -2.08. The molecule has 0 aliphatic carbocycles. The van der Waals surface area contributed by atoms with E-state index < -0.39 is 0 Å². The molecule has 3 heteroatoms. The second-order valence-electron chi connectivity index (χ2n) is 8.63. The van der Waals surface area contributed by atoms with Crippen molar-refractivity contribution in [2.24, 2.45) is 0 Å². The monoisotopic (exact) mass is 436 g/mol. The third-order valence-corrected chi connectivity index (χ3v) is 6.43. The average Bonchev–Trinajstić information content (AvgIpc) is 3.24. The molecule has 34 heavy (non-hydrogen) atoms. The molecule has 0 saturated carbocycles. The number of nitrogens with one attached hydrogen (secondary N) is 1. The molecule has 2 heterocycles. The Hall–Kier alpha value is -4.63. The molecular formula is C31H20N2O. The summed E-state index contributed by atoms with van der Waals surface area (Å²) < 4.78 is 6.15. The maximum atomic E-state index is 6.15. The maximum absolute atomic E-state index is 6.15. The van der Waals surface area contributed by atoms with Gasteiger partial charge < -0.3 is 9.73 Å². The molecule has 2 aromatic heterocycles. The molecule has 0 saturated heterocycles. The number of pyridine rings is 1. The zero-order chi connectivity index (χ0) is 22.5. The summed E-state index contributed by atoms with van der Waals surface area (Å²) in [6.45, 7) is 0. The molecule has 0 fully saturated rings. The van der Waals surface area contributed by atoms with Crippen LogP contribution >= 0.6 is 0 Å². The van der Waals surface area contributed by atoms with Crippen molar-refractivity contribution in [2.75, 3.05) is 5.32 Å².